The average molecular weight is 342 g/mol. The number of thiazole rings is 1. The van der Waals surface area contributed by atoms with Crippen LogP contribution < -0.4 is 14.8 Å². The number of nitrogens with one attached hydrogen (secondary N) is 1. The van der Waals surface area contributed by atoms with Crippen LogP contribution in [0, 0.1) is 6.92 Å². The first-order valence-electron chi connectivity index (χ1n) is 7.31. The van der Waals surface area contributed by atoms with Crippen LogP contribution in [0.1, 0.15) is 5.69 Å². The van der Waals surface area contributed by atoms with Gasteiger partial charge in [-0.15, -0.1) is 11.3 Å². The molecule has 1 amide bonds. The minimum absolute atomic E-state index is 0.145. The van der Waals surface area contributed by atoms with Gasteiger partial charge in [0.15, 0.2) is 11.5 Å². The molecule has 1 aliphatic heterocycles. The second kappa shape index (κ2) is 5.97. The number of benzene rings is 1. The molecule has 3 aromatic rings. The molecule has 0 saturated heterocycles. The van der Waals surface area contributed by atoms with Gasteiger partial charge in [-0.2, -0.15) is 0 Å². The van der Waals surface area contributed by atoms with Gasteiger partial charge in [0.1, 0.15) is 17.2 Å². The van der Waals surface area contributed by atoms with Crippen molar-refractivity contribution in [3.8, 4) is 22.2 Å². The Balaban J connectivity index is 1.42. The molecule has 0 radical (unpaired) electrons. The number of imidazole rings is 1. The number of carbonyl (C=O) groups is 1. The van der Waals surface area contributed by atoms with Crippen LogP contribution in [-0.4, -0.2) is 27.2 Å². The molecule has 3 heterocycles. The van der Waals surface area contributed by atoms with Gasteiger partial charge in [-0.05, 0) is 19.1 Å². The number of anilines is 1. The lowest BCUT2D eigenvalue weighted by molar-refractivity contribution is -0.116. The van der Waals surface area contributed by atoms with Crippen LogP contribution >= 0.6 is 11.3 Å². The predicted molar refractivity (Wildman–Crippen MR) is 89.3 cm³/mol. The molecule has 4 rings (SSSR count). The second-order valence-electron chi connectivity index (χ2n) is 5.34. The van der Waals surface area contributed by atoms with Crippen molar-refractivity contribution in [1.82, 2.24) is 14.5 Å². The molecule has 24 heavy (non-hydrogen) atoms. The van der Waals surface area contributed by atoms with Crippen molar-refractivity contribution in [2.24, 2.45) is 0 Å². The molecule has 0 spiro atoms. The summed E-state index contributed by atoms with van der Waals surface area (Å²) in [5.74, 6) is 1.18. The first-order valence-corrected chi connectivity index (χ1v) is 8.19. The minimum atomic E-state index is -0.145. The van der Waals surface area contributed by atoms with Crippen LogP contribution in [-0.2, 0) is 11.3 Å². The van der Waals surface area contributed by atoms with Crippen LogP contribution in [0.25, 0.3) is 10.7 Å². The molecular weight excluding hydrogens is 328 g/mol. The number of ether oxygens (including phenoxy) is 2. The highest BCUT2D eigenvalue weighted by Gasteiger charge is 2.14. The molecule has 2 aromatic heterocycles. The van der Waals surface area contributed by atoms with E-state index in [1.54, 1.807) is 29.1 Å². The first kappa shape index (κ1) is 14.7. The van der Waals surface area contributed by atoms with Crippen molar-refractivity contribution in [1.29, 1.82) is 0 Å². The van der Waals surface area contributed by atoms with Gasteiger partial charge < -0.3 is 19.4 Å². The van der Waals surface area contributed by atoms with E-state index < -0.39 is 0 Å². The van der Waals surface area contributed by atoms with Gasteiger partial charge in [0.2, 0.25) is 12.7 Å². The highest BCUT2D eigenvalue weighted by molar-refractivity contribution is 7.13. The SMILES string of the molecule is Cc1csc(-c2cn(CC(=O)Nc3ccc4c(c3)OCO4)cn2)n1. The number of nitrogens with zero attached hydrogens (tertiary/aromatic N) is 3. The van der Waals surface area contributed by atoms with Crippen LogP contribution in [0.2, 0.25) is 0 Å². The molecule has 1 aliphatic rings. The third-order valence-corrected chi connectivity index (χ3v) is 4.44. The van der Waals surface area contributed by atoms with E-state index in [4.69, 9.17) is 9.47 Å². The number of amides is 1. The average Bonchev–Trinajstić information content (AvgIpc) is 3.27. The monoisotopic (exact) mass is 342 g/mol. The summed E-state index contributed by atoms with van der Waals surface area (Å²) in [6.07, 6.45) is 3.45. The zero-order valence-corrected chi connectivity index (χ0v) is 13.7. The van der Waals surface area contributed by atoms with Crippen molar-refractivity contribution >= 4 is 22.9 Å². The van der Waals surface area contributed by atoms with Gasteiger partial charge in [0.25, 0.3) is 0 Å². The Morgan fingerprint density at radius 1 is 1.38 bits per heavy atom. The largest absolute Gasteiger partial charge is 0.454 e. The normalized spacial score (nSPS) is 12.4. The van der Waals surface area contributed by atoms with Gasteiger partial charge in [-0.25, -0.2) is 9.97 Å². The molecule has 7 nitrogen and oxygen atoms in total. The van der Waals surface area contributed by atoms with Gasteiger partial charge in [-0.1, -0.05) is 0 Å². The van der Waals surface area contributed by atoms with Crippen molar-refractivity contribution in [3.05, 3.63) is 41.8 Å². The Morgan fingerprint density at radius 3 is 3.08 bits per heavy atom. The second-order valence-corrected chi connectivity index (χ2v) is 6.20. The fraction of sp³-hybridized carbons (Fsp3) is 0.188. The van der Waals surface area contributed by atoms with Crippen molar-refractivity contribution in [2.75, 3.05) is 12.1 Å². The van der Waals surface area contributed by atoms with Crippen LogP contribution in [0.15, 0.2) is 36.1 Å². The number of hydrogen-bond donors (Lipinski definition) is 1. The molecule has 0 atom stereocenters. The molecule has 1 aromatic carbocycles. The number of aryl methyl sites for hydroxylation is 1. The maximum Gasteiger partial charge on any atom is 0.244 e. The Hall–Kier alpha value is -2.87. The van der Waals surface area contributed by atoms with Gasteiger partial charge in [0, 0.05) is 29.0 Å². The van der Waals surface area contributed by atoms with Crippen LogP contribution in [0.4, 0.5) is 5.69 Å². The summed E-state index contributed by atoms with van der Waals surface area (Å²) in [6.45, 7) is 2.32. The summed E-state index contributed by atoms with van der Waals surface area (Å²) in [6, 6.07) is 5.30. The number of hydrogen-bond acceptors (Lipinski definition) is 6. The van der Waals surface area contributed by atoms with E-state index >= 15 is 0 Å². The molecule has 0 fully saturated rings. The topological polar surface area (TPSA) is 78.3 Å². The summed E-state index contributed by atoms with van der Waals surface area (Å²) < 4.78 is 12.3. The fourth-order valence-electron chi connectivity index (χ4n) is 2.37. The highest BCUT2D eigenvalue weighted by atomic mass is 32.1. The van der Waals surface area contributed by atoms with E-state index in [0.29, 0.717) is 17.2 Å². The summed E-state index contributed by atoms with van der Waals surface area (Å²) in [5.41, 5.74) is 2.40. The van der Waals surface area contributed by atoms with E-state index in [9.17, 15) is 4.79 Å². The smallest absolute Gasteiger partial charge is 0.244 e. The molecule has 0 unspecified atom stereocenters. The Morgan fingerprint density at radius 2 is 2.25 bits per heavy atom. The molecule has 122 valence electrons. The van der Waals surface area contributed by atoms with Crippen molar-refractivity contribution < 1.29 is 14.3 Å². The van der Waals surface area contributed by atoms with Crippen molar-refractivity contribution in [3.63, 3.8) is 0 Å². The maximum absolute atomic E-state index is 12.2. The zero-order chi connectivity index (χ0) is 16.5. The Bertz CT molecular complexity index is 902. The van der Waals surface area contributed by atoms with Gasteiger partial charge in [-0.3, -0.25) is 4.79 Å². The van der Waals surface area contributed by atoms with E-state index in [2.05, 4.69) is 15.3 Å². The van der Waals surface area contributed by atoms with Gasteiger partial charge in [0.05, 0.1) is 6.33 Å². The lowest BCUT2D eigenvalue weighted by Gasteiger charge is -2.06. The molecule has 0 saturated carbocycles. The minimum Gasteiger partial charge on any atom is -0.454 e. The standard InChI is InChI=1S/C16H14N4O3S/c1-10-7-24-16(18-10)12-5-20(8-17-12)6-15(21)19-11-2-3-13-14(4-11)23-9-22-13/h2-5,7-8H,6,9H2,1H3,(H,19,21). The number of fused-ring (bicyclic) bond motifs is 1. The lowest BCUT2D eigenvalue weighted by Crippen LogP contribution is -2.17. The maximum atomic E-state index is 12.2. The molecule has 0 bridgehead atoms. The summed E-state index contributed by atoms with van der Waals surface area (Å²) in [5, 5.41) is 5.66. The molecular formula is C16H14N4O3S. The Kier molecular flexibility index (Phi) is 3.66. The molecule has 1 N–H and O–H groups in total. The van der Waals surface area contributed by atoms with Gasteiger partial charge >= 0.3 is 0 Å². The van der Waals surface area contributed by atoms with E-state index in [1.807, 2.05) is 18.5 Å². The number of carbonyl (C=O) groups excluding carboxylic acids is 1. The third kappa shape index (κ3) is 2.95. The zero-order valence-electron chi connectivity index (χ0n) is 12.9. The molecule has 0 aliphatic carbocycles. The van der Waals surface area contributed by atoms with Crippen molar-refractivity contribution in [2.45, 2.75) is 13.5 Å². The molecule has 8 heteroatoms. The fourth-order valence-corrected chi connectivity index (χ4v) is 3.13. The Labute approximate surface area is 141 Å². The van der Waals surface area contributed by atoms with Crippen LogP contribution in [0.3, 0.4) is 0 Å². The summed E-state index contributed by atoms with van der Waals surface area (Å²) in [4.78, 5) is 20.9. The van der Waals surface area contributed by atoms with E-state index in [-0.39, 0.29) is 19.2 Å². The lowest BCUT2D eigenvalue weighted by atomic mass is 10.3. The van der Waals surface area contributed by atoms with E-state index in [1.165, 1.54) is 11.3 Å². The number of rotatable bonds is 4. The van der Waals surface area contributed by atoms with Crippen LogP contribution in [0.5, 0.6) is 11.5 Å². The van der Waals surface area contributed by atoms with E-state index in [0.717, 1.165) is 16.4 Å². The third-order valence-electron chi connectivity index (χ3n) is 3.45. The predicted octanol–water partition coefficient (Wildman–Crippen LogP) is 2.68. The quantitative estimate of drug-likeness (QED) is 0.789. The summed E-state index contributed by atoms with van der Waals surface area (Å²) in [7, 11) is 0. The highest BCUT2D eigenvalue weighted by Crippen LogP contribution is 2.34. The summed E-state index contributed by atoms with van der Waals surface area (Å²) >= 11 is 1.54. The first-order chi connectivity index (χ1) is 11.7. The number of aromatic nitrogens is 3.